The maximum Gasteiger partial charge on any atom is 0.234 e. The molecule has 0 aliphatic carbocycles. The lowest BCUT2D eigenvalue weighted by molar-refractivity contribution is -0.113. The van der Waals surface area contributed by atoms with Crippen molar-refractivity contribution in [3.8, 4) is 17.5 Å². The molecule has 2 aromatic carbocycles. The van der Waals surface area contributed by atoms with Gasteiger partial charge in [-0.15, -0.1) is 10.2 Å². The van der Waals surface area contributed by atoms with Crippen molar-refractivity contribution in [1.82, 2.24) is 14.8 Å². The molecule has 0 bridgehead atoms. The van der Waals surface area contributed by atoms with E-state index in [0.29, 0.717) is 26.5 Å². The van der Waals surface area contributed by atoms with Crippen LogP contribution in [-0.4, -0.2) is 26.4 Å². The first-order chi connectivity index (χ1) is 15.5. The van der Waals surface area contributed by atoms with Crippen molar-refractivity contribution in [2.75, 3.05) is 11.1 Å². The van der Waals surface area contributed by atoms with E-state index in [1.54, 1.807) is 18.2 Å². The van der Waals surface area contributed by atoms with Crippen LogP contribution >= 0.6 is 35.0 Å². The van der Waals surface area contributed by atoms with Crippen LogP contribution in [0.4, 0.5) is 5.69 Å². The average molecular weight is 488 g/mol. The van der Waals surface area contributed by atoms with Crippen LogP contribution in [0, 0.1) is 11.3 Å². The Morgan fingerprint density at radius 3 is 2.56 bits per heavy atom. The summed E-state index contributed by atoms with van der Waals surface area (Å²) in [7, 11) is 0. The Kier molecular flexibility index (Phi) is 8.98. The third-order valence-corrected chi connectivity index (χ3v) is 6.22. The second kappa shape index (κ2) is 11.9. The lowest BCUT2D eigenvalue weighted by Gasteiger charge is -2.11. The molecule has 0 aliphatic rings. The van der Waals surface area contributed by atoms with Gasteiger partial charge in [0.05, 0.1) is 17.0 Å². The lowest BCUT2D eigenvalue weighted by atomic mass is 10.2. The second-order valence-corrected chi connectivity index (χ2v) is 8.98. The molecule has 1 amide bonds. The van der Waals surface area contributed by atoms with E-state index in [2.05, 4.69) is 33.1 Å². The predicted octanol–water partition coefficient (Wildman–Crippen LogP) is 6.43. The van der Waals surface area contributed by atoms with Gasteiger partial charge in [0.15, 0.2) is 11.0 Å². The summed E-state index contributed by atoms with van der Waals surface area (Å²) in [4.78, 5) is 12.5. The number of benzene rings is 2. The highest BCUT2D eigenvalue weighted by molar-refractivity contribution is 7.99. The van der Waals surface area contributed by atoms with Crippen LogP contribution in [0.3, 0.4) is 0 Å². The highest BCUT2D eigenvalue weighted by Crippen LogP contribution is 2.27. The van der Waals surface area contributed by atoms with Crippen LogP contribution in [0.25, 0.3) is 11.4 Å². The number of nitriles is 1. The molecule has 0 radical (unpaired) electrons. The van der Waals surface area contributed by atoms with Gasteiger partial charge in [-0.1, -0.05) is 61.1 Å². The molecule has 1 heterocycles. The molecule has 1 N–H and O–H groups in total. The Morgan fingerprint density at radius 2 is 1.84 bits per heavy atom. The average Bonchev–Trinajstić information content (AvgIpc) is 3.18. The first-order valence-corrected chi connectivity index (χ1v) is 12.1. The summed E-state index contributed by atoms with van der Waals surface area (Å²) >= 11 is 13.3. The van der Waals surface area contributed by atoms with E-state index < -0.39 is 0 Å². The molecular formula is C23H23Cl2N5OS. The third-order valence-electron chi connectivity index (χ3n) is 4.76. The molecule has 166 valence electrons. The van der Waals surface area contributed by atoms with Gasteiger partial charge >= 0.3 is 0 Å². The van der Waals surface area contributed by atoms with E-state index in [1.165, 1.54) is 18.2 Å². The zero-order chi connectivity index (χ0) is 22.9. The summed E-state index contributed by atoms with van der Waals surface area (Å²) in [6.45, 7) is 2.94. The van der Waals surface area contributed by atoms with E-state index in [-0.39, 0.29) is 11.7 Å². The second-order valence-electron chi connectivity index (χ2n) is 7.16. The Hall–Kier alpha value is -2.53. The van der Waals surface area contributed by atoms with Gasteiger partial charge < -0.3 is 9.88 Å². The van der Waals surface area contributed by atoms with Crippen molar-refractivity contribution >= 4 is 46.6 Å². The Balaban J connectivity index is 1.73. The fourth-order valence-corrected chi connectivity index (χ4v) is 4.20. The fourth-order valence-electron chi connectivity index (χ4n) is 3.14. The van der Waals surface area contributed by atoms with Crippen LogP contribution in [0.2, 0.25) is 10.0 Å². The molecule has 3 aromatic rings. The van der Waals surface area contributed by atoms with Crippen LogP contribution < -0.4 is 5.32 Å². The van der Waals surface area contributed by atoms with Crippen molar-refractivity contribution in [3.63, 3.8) is 0 Å². The predicted molar refractivity (Wildman–Crippen MR) is 130 cm³/mol. The first-order valence-electron chi connectivity index (χ1n) is 10.3. The van der Waals surface area contributed by atoms with E-state index in [4.69, 9.17) is 23.2 Å². The number of unbranched alkanes of at least 4 members (excludes halogenated alkanes) is 3. The Labute approximate surface area is 201 Å². The molecule has 0 saturated heterocycles. The number of anilines is 1. The number of carbonyl (C=O) groups is 1. The molecule has 32 heavy (non-hydrogen) atoms. The minimum Gasteiger partial charge on any atom is -0.324 e. The van der Waals surface area contributed by atoms with E-state index >= 15 is 0 Å². The van der Waals surface area contributed by atoms with Crippen molar-refractivity contribution in [3.05, 3.63) is 58.1 Å². The van der Waals surface area contributed by atoms with Gasteiger partial charge in [-0.25, -0.2) is 0 Å². The van der Waals surface area contributed by atoms with Crippen LogP contribution in [-0.2, 0) is 11.3 Å². The summed E-state index contributed by atoms with van der Waals surface area (Å²) < 4.78 is 2.05. The van der Waals surface area contributed by atoms with Gasteiger partial charge in [-0.2, -0.15) is 5.26 Å². The normalized spacial score (nSPS) is 10.7. The zero-order valence-electron chi connectivity index (χ0n) is 17.6. The van der Waals surface area contributed by atoms with Crippen molar-refractivity contribution in [2.45, 2.75) is 44.3 Å². The van der Waals surface area contributed by atoms with E-state index in [1.807, 2.05) is 24.3 Å². The van der Waals surface area contributed by atoms with Gasteiger partial charge in [-0.05, 0) is 48.9 Å². The van der Waals surface area contributed by atoms with E-state index in [0.717, 1.165) is 37.2 Å². The molecule has 0 fully saturated rings. The SMILES string of the molecule is CCCCCCn1c(SCC(=O)Nc2cc(Cl)ccc2C#N)nnc1-c1ccc(Cl)cc1. The molecule has 0 aliphatic heterocycles. The van der Waals surface area contributed by atoms with Crippen molar-refractivity contribution in [1.29, 1.82) is 5.26 Å². The maximum absolute atomic E-state index is 12.5. The van der Waals surface area contributed by atoms with Crippen LogP contribution in [0.1, 0.15) is 38.2 Å². The molecule has 6 nitrogen and oxygen atoms in total. The number of amides is 1. The number of thioether (sulfide) groups is 1. The van der Waals surface area contributed by atoms with Gasteiger partial charge in [0.2, 0.25) is 5.91 Å². The minimum atomic E-state index is -0.248. The standard InChI is InChI=1S/C23H23Cl2N5OS/c1-2-3-4-5-12-30-22(16-6-9-18(24)10-7-16)28-29-23(30)32-15-21(31)27-20-13-19(25)11-8-17(20)14-26/h6-11,13H,2-5,12,15H2,1H3,(H,27,31). The number of hydrogen-bond donors (Lipinski definition) is 1. The maximum atomic E-state index is 12.5. The van der Waals surface area contributed by atoms with Gasteiger partial charge in [0, 0.05) is 22.2 Å². The lowest BCUT2D eigenvalue weighted by Crippen LogP contribution is -2.15. The number of carbonyl (C=O) groups excluding carboxylic acids is 1. The van der Waals surface area contributed by atoms with Crippen molar-refractivity contribution in [2.24, 2.45) is 0 Å². The van der Waals surface area contributed by atoms with Crippen LogP contribution in [0.15, 0.2) is 47.6 Å². The third kappa shape index (κ3) is 6.49. The van der Waals surface area contributed by atoms with Gasteiger partial charge in [0.25, 0.3) is 0 Å². The number of rotatable bonds is 10. The highest BCUT2D eigenvalue weighted by Gasteiger charge is 2.16. The molecular weight excluding hydrogens is 465 g/mol. The van der Waals surface area contributed by atoms with Crippen molar-refractivity contribution < 1.29 is 4.79 Å². The number of nitrogens with one attached hydrogen (secondary N) is 1. The summed E-state index contributed by atoms with van der Waals surface area (Å²) in [5.41, 5.74) is 1.68. The van der Waals surface area contributed by atoms with Gasteiger partial charge in [-0.3, -0.25) is 4.79 Å². The zero-order valence-corrected chi connectivity index (χ0v) is 20.0. The first kappa shape index (κ1) is 24.1. The molecule has 0 atom stereocenters. The number of nitrogens with zero attached hydrogens (tertiary/aromatic N) is 4. The number of hydrogen-bond acceptors (Lipinski definition) is 5. The summed E-state index contributed by atoms with van der Waals surface area (Å²) in [6.07, 6.45) is 4.44. The highest BCUT2D eigenvalue weighted by atomic mass is 35.5. The topological polar surface area (TPSA) is 83.6 Å². The molecule has 0 unspecified atom stereocenters. The van der Waals surface area contributed by atoms with Crippen LogP contribution in [0.5, 0.6) is 0 Å². The number of halogens is 2. The van der Waals surface area contributed by atoms with E-state index in [9.17, 15) is 10.1 Å². The molecule has 1 aromatic heterocycles. The molecule has 3 rings (SSSR count). The minimum absolute atomic E-state index is 0.130. The quantitative estimate of drug-likeness (QED) is 0.263. The fraction of sp³-hybridized carbons (Fsp3) is 0.304. The Morgan fingerprint density at radius 1 is 1.09 bits per heavy atom. The smallest absolute Gasteiger partial charge is 0.234 e. The summed E-state index contributed by atoms with van der Waals surface area (Å²) in [5.74, 6) is 0.635. The largest absolute Gasteiger partial charge is 0.324 e. The summed E-state index contributed by atoms with van der Waals surface area (Å²) in [6, 6.07) is 14.3. The van der Waals surface area contributed by atoms with Gasteiger partial charge in [0.1, 0.15) is 6.07 Å². The summed E-state index contributed by atoms with van der Waals surface area (Å²) in [5, 5.41) is 22.5. The number of aromatic nitrogens is 3. The molecule has 0 spiro atoms. The molecule has 0 saturated carbocycles. The molecule has 9 heteroatoms. The monoisotopic (exact) mass is 487 g/mol. The Bertz CT molecular complexity index is 1110.